The molecule has 0 radical (unpaired) electrons. The molecule has 0 bridgehead atoms. The van der Waals surface area contributed by atoms with Gasteiger partial charge in [0.25, 0.3) is 0 Å². The van der Waals surface area contributed by atoms with E-state index in [4.69, 9.17) is 35.5 Å². The second-order valence-corrected chi connectivity index (χ2v) is 12.0. The highest BCUT2D eigenvalue weighted by atomic mass is 127. The molecule has 4 aromatic rings. The second kappa shape index (κ2) is 14.8. The third-order valence-corrected chi connectivity index (χ3v) is 8.75. The van der Waals surface area contributed by atoms with Gasteiger partial charge >= 0.3 is 0 Å². The highest BCUT2D eigenvalue weighted by molar-refractivity contribution is 14.1. The number of fused-ring (bicyclic) bond motifs is 2. The molecule has 0 spiro atoms. The predicted molar refractivity (Wildman–Crippen MR) is 181 cm³/mol. The molecule has 6 rings (SSSR count). The van der Waals surface area contributed by atoms with Crippen LogP contribution in [0.4, 0.5) is 11.9 Å². The van der Waals surface area contributed by atoms with Gasteiger partial charge in [0.2, 0.25) is 23.7 Å². The Balaban J connectivity index is 0.000000230. The highest BCUT2D eigenvalue weighted by Gasteiger charge is 2.37. The average molecular weight is 842 g/mol. The van der Waals surface area contributed by atoms with Gasteiger partial charge < -0.3 is 40.6 Å². The topological polar surface area (TPSA) is 217 Å². The number of aliphatic hydroxyl groups is 2. The summed E-state index contributed by atoms with van der Waals surface area (Å²) in [6.07, 6.45) is 0.451. The van der Waals surface area contributed by atoms with E-state index in [9.17, 15) is 5.11 Å². The Kier molecular flexibility index (Phi) is 12.1. The lowest BCUT2D eigenvalue weighted by molar-refractivity contribution is -0.0471. The first-order valence-electron chi connectivity index (χ1n) is 13.2. The van der Waals surface area contributed by atoms with E-state index in [1.54, 1.807) is 7.11 Å². The van der Waals surface area contributed by atoms with Crippen LogP contribution in [0.2, 0.25) is 0 Å². The fourth-order valence-corrected chi connectivity index (χ4v) is 6.62. The first-order chi connectivity index (χ1) is 20.1. The number of nitrogen functional groups attached to an aromatic ring is 2. The summed E-state index contributed by atoms with van der Waals surface area (Å²) in [5, 5.41) is 29.4. The van der Waals surface area contributed by atoms with Crippen LogP contribution in [0.25, 0.3) is 22.1 Å². The number of nitrogens with zero attached hydrogens (tertiary/aromatic N) is 8. The molecular weight excluding hydrogens is 802 g/mol. The number of hydrogen-bond donors (Lipinski definition) is 4. The molecule has 2 fully saturated rings. The monoisotopic (exact) mass is 842 g/mol. The van der Waals surface area contributed by atoms with Crippen molar-refractivity contribution < 1.29 is 29.2 Å². The van der Waals surface area contributed by atoms with Gasteiger partial charge in [-0.05, 0) is 63.9 Å². The summed E-state index contributed by atoms with van der Waals surface area (Å²) in [7, 11) is 3.06. The number of halogens is 2. The maximum atomic E-state index is 9.84. The molecule has 0 aliphatic carbocycles. The number of aromatic nitrogens is 8. The van der Waals surface area contributed by atoms with Crippen LogP contribution in [0, 0.1) is 13.3 Å². The van der Waals surface area contributed by atoms with Crippen LogP contribution in [-0.4, -0.2) is 88.8 Å². The molecule has 6 N–H and O–H groups in total. The first kappa shape index (κ1) is 36.1. The SMILES string of the molecule is C.C.CCC1OC(n2nc(I)c3c(OC)nc(N)nc32)CC1C.COc1nc(N)nc2c1c(I)nn2C1CC(O)C(CO)O1. The van der Waals surface area contributed by atoms with E-state index in [1.165, 1.54) is 11.8 Å². The fraction of sp³-hybridized carbons (Fsp3) is 0.615. The molecule has 2 aliphatic heterocycles. The number of hydrogen-bond acceptors (Lipinski definition) is 14. The second-order valence-electron chi connectivity index (χ2n) is 9.92. The molecule has 0 amide bonds. The largest absolute Gasteiger partial charge is 0.480 e. The van der Waals surface area contributed by atoms with Crippen molar-refractivity contribution >= 4 is 79.1 Å². The molecule has 0 saturated carbocycles. The zero-order chi connectivity index (χ0) is 30.3. The van der Waals surface area contributed by atoms with Gasteiger partial charge in [-0.3, -0.25) is 0 Å². The summed E-state index contributed by atoms with van der Waals surface area (Å²) in [6, 6.07) is 0. The van der Waals surface area contributed by atoms with Crippen molar-refractivity contribution in [2.75, 3.05) is 32.3 Å². The van der Waals surface area contributed by atoms with Crippen LogP contribution in [0.3, 0.4) is 0 Å². The van der Waals surface area contributed by atoms with E-state index in [2.05, 4.69) is 66.6 Å². The molecule has 44 heavy (non-hydrogen) atoms. The number of rotatable bonds is 6. The number of methoxy groups -OCH3 is 2. The van der Waals surface area contributed by atoms with Crippen LogP contribution in [0.15, 0.2) is 0 Å². The fourth-order valence-electron chi connectivity index (χ4n) is 5.21. The molecule has 2 aliphatic rings. The van der Waals surface area contributed by atoms with E-state index >= 15 is 0 Å². The van der Waals surface area contributed by atoms with Crippen LogP contribution in [-0.2, 0) is 9.47 Å². The standard InChI is InChI=1S/C13H18IN5O2.C11H14IN5O4.2CH4/c1-4-7-6(2)5-8(21-7)19-11-9(10(14)18-19)12(20-3)17-13(15)16-11;1-20-10-7-8(12)16-17(9(7)14-11(13)15-10)6-2-4(19)5(3-18)21-6;;/h6-8H,4-5H2,1-3H3,(H2,15,16,17);4-6,18-19H,2-3H2,1H3,(H2,13,14,15);2*1H4. The molecule has 2 saturated heterocycles. The molecule has 18 heteroatoms. The third kappa shape index (κ3) is 6.73. The van der Waals surface area contributed by atoms with Crippen molar-refractivity contribution in [2.45, 2.75) is 78.7 Å². The van der Waals surface area contributed by atoms with Crippen molar-refractivity contribution in [3.8, 4) is 11.8 Å². The summed E-state index contributed by atoms with van der Waals surface area (Å²) in [5.41, 5.74) is 12.6. The van der Waals surface area contributed by atoms with Crippen molar-refractivity contribution in [1.82, 2.24) is 39.5 Å². The number of anilines is 2. The Morgan fingerprint density at radius 3 is 1.68 bits per heavy atom. The van der Waals surface area contributed by atoms with E-state index < -0.39 is 18.4 Å². The Hall–Kier alpha value is -2.40. The molecule has 6 unspecified atom stereocenters. The first-order valence-corrected chi connectivity index (χ1v) is 15.4. The predicted octanol–water partition coefficient (Wildman–Crippen LogP) is 3.29. The molecule has 6 heterocycles. The van der Waals surface area contributed by atoms with Crippen LogP contribution in [0.5, 0.6) is 11.8 Å². The number of nitrogens with two attached hydrogens (primary N) is 2. The van der Waals surface area contributed by atoms with Crippen molar-refractivity contribution in [1.29, 1.82) is 0 Å². The average Bonchev–Trinajstić information content (AvgIpc) is 3.71. The van der Waals surface area contributed by atoms with E-state index in [0.717, 1.165) is 21.9 Å². The summed E-state index contributed by atoms with van der Waals surface area (Å²) in [5.74, 6) is 1.53. The maximum Gasteiger partial charge on any atom is 0.230 e. The summed E-state index contributed by atoms with van der Waals surface area (Å²) >= 11 is 4.20. The maximum absolute atomic E-state index is 9.84. The van der Waals surface area contributed by atoms with Crippen molar-refractivity contribution in [3.05, 3.63) is 7.40 Å². The minimum absolute atomic E-state index is 0. The molecule has 244 valence electrons. The quantitative estimate of drug-likeness (QED) is 0.205. The Bertz CT molecular complexity index is 1470. The van der Waals surface area contributed by atoms with Crippen molar-refractivity contribution in [2.24, 2.45) is 5.92 Å². The normalized spacial score (nSPS) is 24.5. The highest BCUT2D eigenvalue weighted by Crippen LogP contribution is 2.38. The summed E-state index contributed by atoms with van der Waals surface area (Å²) < 4.78 is 27.0. The number of aliphatic hydroxyl groups excluding tert-OH is 2. The smallest absolute Gasteiger partial charge is 0.230 e. The Labute approximate surface area is 282 Å². The molecule has 4 aromatic heterocycles. The summed E-state index contributed by atoms with van der Waals surface area (Å²) in [6.45, 7) is 4.08. The van der Waals surface area contributed by atoms with Gasteiger partial charge in [-0.1, -0.05) is 28.7 Å². The van der Waals surface area contributed by atoms with Gasteiger partial charge in [-0.25, -0.2) is 9.36 Å². The minimum atomic E-state index is -0.752. The Morgan fingerprint density at radius 1 is 0.841 bits per heavy atom. The lowest BCUT2D eigenvalue weighted by Crippen LogP contribution is -2.24. The van der Waals surface area contributed by atoms with Gasteiger partial charge in [0, 0.05) is 6.42 Å². The molecule has 0 aromatic carbocycles. The van der Waals surface area contributed by atoms with E-state index in [0.29, 0.717) is 44.5 Å². The number of ether oxygens (including phenoxy) is 4. The van der Waals surface area contributed by atoms with Gasteiger partial charge in [-0.2, -0.15) is 30.1 Å². The third-order valence-electron chi connectivity index (χ3n) is 7.24. The van der Waals surface area contributed by atoms with E-state index in [-0.39, 0.29) is 45.7 Å². The lowest BCUT2D eigenvalue weighted by atomic mass is 10.0. The Morgan fingerprint density at radius 2 is 1.30 bits per heavy atom. The summed E-state index contributed by atoms with van der Waals surface area (Å²) in [4.78, 5) is 16.6. The zero-order valence-corrected chi connectivity index (χ0v) is 27.6. The minimum Gasteiger partial charge on any atom is -0.480 e. The molecular formula is C26H40I2N10O6. The van der Waals surface area contributed by atoms with Gasteiger partial charge in [0.05, 0.1) is 33.0 Å². The van der Waals surface area contributed by atoms with Crippen LogP contribution >= 0.6 is 45.2 Å². The molecule has 6 atom stereocenters. The van der Waals surface area contributed by atoms with Crippen LogP contribution in [0.1, 0.15) is 60.4 Å². The van der Waals surface area contributed by atoms with Gasteiger partial charge in [0.15, 0.2) is 23.8 Å². The zero-order valence-electron chi connectivity index (χ0n) is 23.3. The van der Waals surface area contributed by atoms with E-state index in [1.807, 2.05) is 27.3 Å². The lowest BCUT2D eigenvalue weighted by Gasteiger charge is -2.14. The van der Waals surface area contributed by atoms with Crippen LogP contribution < -0.4 is 20.9 Å². The van der Waals surface area contributed by atoms with Crippen molar-refractivity contribution in [3.63, 3.8) is 0 Å². The van der Waals surface area contributed by atoms with Gasteiger partial charge in [0.1, 0.15) is 24.3 Å². The molecule has 16 nitrogen and oxygen atoms in total. The van der Waals surface area contributed by atoms with Gasteiger partial charge in [-0.15, -0.1) is 0 Å².